The van der Waals surface area contributed by atoms with Gasteiger partial charge in [0, 0.05) is 30.1 Å². The molecule has 0 heterocycles. The van der Waals surface area contributed by atoms with Crippen molar-refractivity contribution in [3.05, 3.63) is 71.0 Å². The minimum Gasteiger partial charge on any atom is -0.469 e. The molecular formula is C26H29FN2O4. The van der Waals surface area contributed by atoms with E-state index in [0.29, 0.717) is 29.7 Å². The van der Waals surface area contributed by atoms with Gasteiger partial charge in [0.1, 0.15) is 5.82 Å². The maximum atomic E-state index is 13.3. The number of unbranched alkanes of at least 4 members (excludes halogenated alkanes) is 2. The predicted octanol–water partition coefficient (Wildman–Crippen LogP) is 4.11. The molecule has 0 bridgehead atoms. The van der Waals surface area contributed by atoms with E-state index in [4.69, 9.17) is 0 Å². The van der Waals surface area contributed by atoms with Gasteiger partial charge in [0.2, 0.25) is 0 Å². The maximum absolute atomic E-state index is 13.3. The highest BCUT2D eigenvalue weighted by Crippen LogP contribution is 2.24. The summed E-state index contributed by atoms with van der Waals surface area (Å²) in [4.78, 5) is 36.2. The molecule has 2 aromatic rings. The number of halogens is 1. The zero-order valence-electron chi connectivity index (χ0n) is 18.7. The minimum atomic E-state index is -0.362. The molecule has 0 unspecified atom stereocenters. The van der Waals surface area contributed by atoms with Crippen LogP contribution in [0.15, 0.2) is 48.5 Å². The summed E-state index contributed by atoms with van der Waals surface area (Å²) in [5.74, 6) is -0.956. The SMILES string of the molecule is COC(=O)CCCCCNC(=O)c1ccc(/C=C(/C(=O)NC2CC2)c2ccc(F)cc2)cc1. The number of benzene rings is 2. The van der Waals surface area contributed by atoms with Gasteiger partial charge in [-0.3, -0.25) is 14.4 Å². The van der Waals surface area contributed by atoms with Crippen LogP contribution in [0, 0.1) is 5.82 Å². The predicted molar refractivity (Wildman–Crippen MR) is 125 cm³/mol. The van der Waals surface area contributed by atoms with E-state index >= 15 is 0 Å². The molecule has 0 aliphatic heterocycles. The van der Waals surface area contributed by atoms with Crippen molar-refractivity contribution in [1.82, 2.24) is 10.6 Å². The van der Waals surface area contributed by atoms with Crippen LogP contribution in [0.1, 0.15) is 60.0 Å². The Kier molecular flexibility index (Phi) is 8.75. The normalized spacial score (nSPS) is 13.3. The second-order valence-corrected chi connectivity index (χ2v) is 8.08. The van der Waals surface area contributed by atoms with E-state index in [0.717, 1.165) is 37.7 Å². The number of hydrogen-bond donors (Lipinski definition) is 2. The van der Waals surface area contributed by atoms with Crippen molar-refractivity contribution < 1.29 is 23.5 Å². The topological polar surface area (TPSA) is 84.5 Å². The molecule has 0 atom stereocenters. The second-order valence-electron chi connectivity index (χ2n) is 8.08. The smallest absolute Gasteiger partial charge is 0.305 e. The van der Waals surface area contributed by atoms with Crippen molar-refractivity contribution >= 4 is 29.4 Å². The second kappa shape index (κ2) is 11.9. The summed E-state index contributed by atoms with van der Waals surface area (Å²) in [6.07, 6.45) is 6.41. The Bertz CT molecular complexity index is 996. The Morgan fingerprint density at radius 2 is 1.64 bits per heavy atom. The number of rotatable bonds is 11. The van der Waals surface area contributed by atoms with Gasteiger partial charge in [0.25, 0.3) is 11.8 Å². The molecule has 2 amide bonds. The van der Waals surface area contributed by atoms with Gasteiger partial charge in [0.15, 0.2) is 0 Å². The lowest BCUT2D eigenvalue weighted by Crippen LogP contribution is -2.26. The fourth-order valence-corrected chi connectivity index (χ4v) is 3.27. The van der Waals surface area contributed by atoms with Crippen LogP contribution in [-0.2, 0) is 14.3 Å². The van der Waals surface area contributed by atoms with Gasteiger partial charge in [0.05, 0.1) is 7.11 Å². The average Bonchev–Trinajstić information content (AvgIpc) is 3.64. The van der Waals surface area contributed by atoms with Crippen LogP contribution in [0.2, 0.25) is 0 Å². The molecule has 1 fully saturated rings. The number of ether oxygens (including phenoxy) is 1. The molecule has 0 aromatic heterocycles. The number of carbonyl (C=O) groups is 3. The van der Waals surface area contributed by atoms with Crippen LogP contribution in [0.5, 0.6) is 0 Å². The van der Waals surface area contributed by atoms with Crippen molar-refractivity contribution in [3.63, 3.8) is 0 Å². The quantitative estimate of drug-likeness (QED) is 0.233. The Labute approximate surface area is 193 Å². The lowest BCUT2D eigenvalue weighted by atomic mass is 10.0. The third kappa shape index (κ3) is 7.86. The van der Waals surface area contributed by atoms with Gasteiger partial charge in [-0.05, 0) is 67.2 Å². The van der Waals surface area contributed by atoms with E-state index in [2.05, 4.69) is 15.4 Å². The number of esters is 1. The first-order valence-electron chi connectivity index (χ1n) is 11.2. The number of amides is 2. The molecule has 174 valence electrons. The monoisotopic (exact) mass is 452 g/mol. The first-order valence-corrected chi connectivity index (χ1v) is 11.2. The first-order chi connectivity index (χ1) is 16.0. The van der Waals surface area contributed by atoms with Crippen LogP contribution in [0.25, 0.3) is 11.6 Å². The Balaban J connectivity index is 1.59. The minimum absolute atomic E-state index is 0.177. The van der Waals surface area contributed by atoms with Gasteiger partial charge in [-0.15, -0.1) is 0 Å². The number of nitrogens with one attached hydrogen (secondary N) is 2. The highest BCUT2D eigenvalue weighted by molar-refractivity contribution is 6.24. The number of methoxy groups -OCH3 is 1. The highest BCUT2D eigenvalue weighted by Gasteiger charge is 2.25. The van der Waals surface area contributed by atoms with Crippen molar-refractivity contribution in [2.75, 3.05) is 13.7 Å². The summed E-state index contributed by atoms with van der Waals surface area (Å²) in [5, 5.41) is 5.84. The van der Waals surface area contributed by atoms with Gasteiger partial charge >= 0.3 is 5.97 Å². The molecule has 1 aliphatic rings. The lowest BCUT2D eigenvalue weighted by molar-refractivity contribution is -0.140. The molecule has 2 aromatic carbocycles. The van der Waals surface area contributed by atoms with Crippen LogP contribution in [0.3, 0.4) is 0 Å². The summed E-state index contributed by atoms with van der Waals surface area (Å²) >= 11 is 0. The van der Waals surface area contributed by atoms with E-state index in [-0.39, 0.29) is 29.6 Å². The molecule has 0 spiro atoms. The molecule has 2 N–H and O–H groups in total. The molecule has 33 heavy (non-hydrogen) atoms. The summed E-state index contributed by atoms with van der Waals surface area (Å²) in [6, 6.07) is 13.0. The van der Waals surface area contributed by atoms with Crippen LogP contribution < -0.4 is 10.6 Å². The van der Waals surface area contributed by atoms with E-state index < -0.39 is 0 Å². The average molecular weight is 453 g/mol. The molecule has 6 nitrogen and oxygen atoms in total. The third-order valence-corrected chi connectivity index (χ3v) is 5.37. The number of hydrogen-bond acceptors (Lipinski definition) is 4. The van der Waals surface area contributed by atoms with Crippen LogP contribution in [-0.4, -0.2) is 37.5 Å². The molecule has 7 heteroatoms. The van der Waals surface area contributed by atoms with Crippen LogP contribution in [0.4, 0.5) is 4.39 Å². The first kappa shape index (κ1) is 24.2. The highest BCUT2D eigenvalue weighted by atomic mass is 19.1. The summed E-state index contributed by atoms with van der Waals surface area (Å²) < 4.78 is 17.9. The standard InChI is InChI=1S/C26H29FN2O4/c1-33-24(30)5-3-2-4-16-28-25(31)20-8-6-18(7-9-20)17-23(26(32)29-22-14-15-22)19-10-12-21(27)13-11-19/h6-13,17,22H,2-5,14-16H2,1H3,(H,28,31)(H,29,32)/b23-17+. The summed E-state index contributed by atoms with van der Waals surface area (Å²) in [6.45, 7) is 0.526. The van der Waals surface area contributed by atoms with E-state index in [1.165, 1.54) is 19.2 Å². The van der Waals surface area contributed by atoms with Crippen molar-refractivity contribution in [2.45, 2.75) is 44.6 Å². The Morgan fingerprint density at radius 3 is 2.27 bits per heavy atom. The molecule has 1 saturated carbocycles. The summed E-state index contributed by atoms with van der Waals surface area (Å²) in [5.41, 5.74) is 2.36. The Morgan fingerprint density at radius 1 is 0.970 bits per heavy atom. The number of carbonyl (C=O) groups excluding carboxylic acids is 3. The van der Waals surface area contributed by atoms with Crippen LogP contribution >= 0.6 is 0 Å². The van der Waals surface area contributed by atoms with Crippen molar-refractivity contribution in [2.24, 2.45) is 0 Å². The van der Waals surface area contributed by atoms with E-state index in [1.54, 1.807) is 42.5 Å². The van der Waals surface area contributed by atoms with Gasteiger partial charge in [-0.2, -0.15) is 0 Å². The molecule has 0 radical (unpaired) electrons. The third-order valence-electron chi connectivity index (χ3n) is 5.37. The van der Waals surface area contributed by atoms with E-state index in [9.17, 15) is 18.8 Å². The van der Waals surface area contributed by atoms with Gasteiger partial charge < -0.3 is 15.4 Å². The van der Waals surface area contributed by atoms with Gasteiger partial charge in [-0.25, -0.2) is 4.39 Å². The largest absolute Gasteiger partial charge is 0.469 e. The van der Waals surface area contributed by atoms with Crippen molar-refractivity contribution in [3.8, 4) is 0 Å². The van der Waals surface area contributed by atoms with E-state index in [1.807, 2.05) is 0 Å². The zero-order chi connectivity index (χ0) is 23.6. The molecule has 1 aliphatic carbocycles. The molecular weight excluding hydrogens is 423 g/mol. The molecule has 3 rings (SSSR count). The fourth-order valence-electron chi connectivity index (χ4n) is 3.27. The zero-order valence-corrected chi connectivity index (χ0v) is 18.7. The lowest BCUT2D eigenvalue weighted by Gasteiger charge is -2.10. The fraction of sp³-hybridized carbons (Fsp3) is 0.346. The Hall–Kier alpha value is -3.48. The van der Waals surface area contributed by atoms with Gasteiger partial charge in [-0.1, -0.05) is 30.7 Å². The maximum Gasteiger partial charge on any atom is 0.305 e. The van der Waals surface area contributed by atoms with Crippen molar-refractivity contribution in [1.29, 1.82) is 0 Å². The summed E-state index contributed by atoms with van der Waals surface area (Å²) in [7, 11) is 1.37. The molecule has 0 saturated heterocycles.